The lowest BCUT2D eigenvalue weighted by Crippen LogP contribution is -2.59. The summed E-state index contributed by atoms with van der Waals surface area (Å²) < 4.78 is 10.8. The topological polar surface area (TPSA) is 92.7 Å². The lowest BCUT2D eigenvalue weighted by Gasteiger charge is -2.44. The van der Waals surface area contributed by atoms with Gasteiger partial charge in [-0.05, 0) is 39.8 Å². The molecule has 196 valence electrons. The summed E-state index contributed by atoms with van der Waals surface area (Å²) in [4.78, 5) is 31.1. The maximum atomic E-state index is 13.8. The molecule has 2 aromatic heterocycles. The fourth-order valence-electron chi connectivity index (χ4n) is 4.90. The molecule has 0 aliphatic carbocycles. The lowest BCUT2D eigenvalue weighted by molar-refractivity contribution is 0.0268. The monoisotopic (exact) mass is 552 g/mol. The third kappa shape index (κ3) is 4.48. The van der Waals surface area contributed by atoms with Crippen LogP contribution in [0.25, 0.3) is 22.5 Å². The number of nitrogens with zero attached hydrogens (tertiary/aromatic N) is 4. The standard InChI is InChI=1S/C28H26Cl2N4O4/c1-15-13-34(28(36)24-18(4)38-32-26(24)20-10-6-8-12-22(20)30)16(2)14-33(15)27(35)23-17(3)37-31-25(23)19-9-5-7-11-21(19)29/h5-12,15-16H,13-14H2,1-4H3. The molecule has 1 saturated heterocycles. The van der Waals surface area contributed by atoms with Crippen molar-refractivity contribution in [3.63, 3.8) is 0 Å². The normalized spacial score (nSPS) is 17.6. The van der Waals surface area contributed by atoms with Gasteiger partial charge in [-0.2, -0.15) is 0 Å². The highest BCUT2D eigenvalue weighted by Gasteiger charge is 2.39. The Balaban J connectivity index is 1.42. The second-order valence-electron chi connectivity index (χ2n) is 9.50. The van der Waals surface area contributed by atoms with Crippen LogP contribution in [0.15, 0.2) is 57.6 Å². The summed E-state index contributed by atoms with van der Waals surface area (Å²) in [6.45, 7) is 7.89. The lowest BCUT2D eigenvalue weighted by atomic mass is 10.0. The first-order valence-electron chi connectivity index (χ1n) is 12.2. The van der Waals surface area contributed by atoms with Gasteiger partial charge in [0.15, 0.2) is 0 Å². The largest absolute Gasteiger partial charge is 0.360 e. The minimum absolute atomic E-state index is 0.219. The third-order valence-electron chi connectivity index (χ3n) is 6.92. The highest BCUT2D eigenvalue weighted by Crippen LogP contribution is 2.35. The van der Waals surface area contributed by atoms with E-state index in [0.717, 1.165) is 0 Å². The molecule has 0 bridgehead atoms. The van der Waals surface area contributed by atoms with Crippen LogP contribution in [0.2, 0.25) is 10.0 Å². The average Bonchev–Trinajstić information content (AvgIpc) is 3.47. The molecule has 4 aromatic rings. The van der Waals surface area contributed by atoms with E-state index in [2.05, 4.69) is 10.3 Å². The average molecular weight is 553 g/mol. The molecule has 1 fully saturated rings. The summed E-state index contributed by atoms with van der Waals surface area (Å²) in [6, 6.07) is 13.8. The van der Waals surface area contributed by atoms with E-state index < -0.39 is 0 Å². The van der Waals surface area contributed by atoms with Crippen molar-refractivity contribution in [1.29, 1.82) is 0 Å². The quantitative estimate of drug-likeness (QED) is 0.295. The molecule has 2 atom stereocenters. The molecule has 2 amide bonds. The van der Waals surface area contributed by atoms with Crippen LogP contribution in [0.5, 0.6) is 0 Å². The van der Waals surface area contributed by atoms with Gasteiger partial charge in [-0.25, -0.2) is 0 Å². The van der Waals surface area contributed by atoms with Gasteiger partial charge in [0.25, 0.3) is 11.8 Å². The molecule has 38 heavy (non-hydrogen) atoms. The summed E-state index contributed by atoms with van der Waals surface area (Å²) in [5, 5.41) is 9.23. The first-order valence-corrected chi connectivity index (χ1v) is 13.0. The zero-order valence-corrected chi connectivity index (χ0v) is 22.9. The van der Waals surface area contributed by atoms with E-state index in [0.29, 0.717) is 68.3 Å². The summed E-state index contributed by atoms with van der Waals surface area (Å²) in [5.74, 6) is 0.381. The van der Waals surface area contributed by atoms with Gasteiger partial charge in [-0.3, -0.25) is 9.59 Å². The van der Waals surface area contributed by atoms with E-state index >= 15 is 0 Å². The van der Waals surface area contributed by atoms with Crippen LogP contribution in [0, 0.1) is 13.8 Å². The minimum atomic E-state index is -0.278. The number of benzene rings is 2. The van der Waals surface area contributed by atoms with Gasteiger partial charge in [0.1, 0.15) is 34.0 Å². The van der Waals surface area contributed by atoms with Gasteiger partial charge in [0.05, 0.1) is 10.0 Å². The van der Waals surface area contributed by atoms with Gasteiger partial charge in [0, 0.05) is 36.3 Å². The number of carbonyl (C=O) groups is 2. The minimum Gasteiger partial charge on any atom is -0.360 e. The van der Waals surface area contributed by atoms with Gasteiger partial charge >= 0.3 is 0 Å². The zero-order valence-electron chi connectivity index (χ0n) is 21.4. The predicted octanol–water partition coefficient (Wildman–Crippen LogP) is 6.30. The fourth-order valence-corrected chi connectivity index (χ4v) is 5.35. The molecule has 1 aliphatic heterocycles. The Kier molecular flexibility index (Phi) is 7.03. The number of aromatic nitrogens is 2. The molecule has 10 heteroatoms. The zero-order chi connectivity index (χ0) is 27.1. The summed E-state index contributed by atoms with van der Waals surface area (Å²) in [5.41, 5.74) is 2.79. The highest BCUT2D eigenvalue weighted by atomic mass is 35.5. The maximum absolute atomic E-state index is 13.8. The second-order valence-corrected chi connectivity index (χ2v) is 10.3. The van der Waals surface area contributed by atoms with E-state index in [-0.39, 0.29) is 23.9 Å². The molecule has 0 radical (unpaired) electrons. The highest BCUT2D eigenvalue weighted by molar-refractivity contribution is 6.34. The molecule has 0 saturated carbocycles. The Labute approximate surface area is 230 Å². The van der Waals surface area contributed by atoms with Crippen molar-refractivity contribution in [3.8, 4) is 22.5 Å². The molecule has 1 aliphatic rings. The first-order chi connectivity index (χ1) is 18.2. The van der Waals surface area contributed by atoms with Crippen LogP contribution < -0.4 is 0 Å². The third-order valence-corrected chi connectivity index (χ3v) is 7.58. The van der Waals surface area contributed by atoms with Crippen LogP contribution in [0.1, 0.15) is 46.1 Å². The Hall–Kier alpha value is -3.62. The molecule has 8 nitrogen and oxygen atoms in total. The molecule has 3 heterocycles. The Bertz CT molecular complexity index is 1420. The van der Waals surface area contributed by atoms with Crippen molar-refractivity contribution < 1.29 is 18.6 Å². The number of carbonyl (C=O) groups excluding carboxylic acids is 2. The summed E-state index contributed by atoms with van der Waals surface area (Å²) >= 11 is 12.8. The second kappa shape index (κ2) is 10.3. The van der Waals surface area contributed by atoms with Crippen molar-refractivity contribution >= 4 is 35.0 Å². The van der Waals surface area contributed by atoms with Gasteiger partial charge in [-0.15, -0.1) is 0 Å². The number of hydrogen-bond donors (Lipinski definition) is 0. The molecule has 0 N–H and O–H groups in total. The first kappa shape index (κ1) is 26.0. The molecule has 0 spiro atoms. The van der Waals surface area contributed by atoms with E-state index in [4.69, 9.17) is 32.2 Å². The van der Waals surface area contributed by atoms with Crippen LogP contribution >= 0.6 is 23.2 Å². The van der Waals surface area contributed by atoms with Crippen molar-refractivity contribution in [3.05, 3.63) is 81.2 Å². The molecule has 5 rings (SSSR count). The number of rotatable bonds is 4. The molecular formula is C28H26Cl2N4O4. The smallest absolute Gasteiger partial charge is 0.260 e. The maximum Gasteiger partial charge on any atom is 0.260 e. The van der Waals surface area contributed by atoms with Crippen LogP contribution in [0.3, 0.4) is 0 Å². The van der Waals surface area contributed by atoms with Crippen molar-refractivity contribution in [2.75, 3.05) is 13.1 Å². The Morgan fingerprint density at radius 2 is 1.11 bits per heavy atom. The number of aryl methyl sites for hydroxylation is 2. The van der Waals surface area contributed by atoms with Crippen LogP contribution in [-0.2, 0) is 0 Å². The van der Waals surface area contributed by atoms with E-state index in [1.165, 1.54) is 0 Å². The number of amides is 2. The number of halogens is 2. The number of hydrogen-bond acceptors (Lipinski definition) is 6. The molecule has 2 unspecified atom stereocenters. The van der Waals surface area contributed by atoms with Crippen molar-refractivity contribution in [2.45, 2.75) is 39.8 Å². The summed E-state index contributed by atoms with van der Waals surface area (Å²) in [7, 11) is 0. The van der Waals surface area contributed by atoms with Gasteiger partial charge in [-0.1, -0.05) is 69.9 Å². The van der Waals surface area contributed by atoms with Crippen molar-refractivity contribution in [1.82, 2.24) is 20.1 Å². The van der Waals surface area contributed by atoms with Gasteiger partial charge in [0.2, 0.25) is 0 Å². The fraction of sp³-hybridized carbons (Fsp3) is 0.286. The SMILES string of the molecule is Cc1onc(-c2ccccc2Cl)c1C(=O)N1CC(C)N(C(=O)c2c(-c3ccccc3Cl)noc2C)CC1C. The summed E-state index contributed by atoms with van der Waals surface area (Å²) in [6.07, 6.45) is 0. The van der Waals surface area contributed by atoms with Gasteiger partial charge < -0.3 is 18.8 Å². The van der Waals surface area contributed by atoms with Crippen LogP contribution in [-0.4, -0.2) is 57.1 Å². The Morgan fingerprint density at radius 1 is 0.737 bits per heavy atom. The molecular weight excluding hydrogens is 527 g/mol. The van der Waals surface area contributed by atoms with E-state index in [1.807, 2.05) is 38.1 Å². The number of piperazine rings is 1. The van der Waals surface area contributed by atoms with E-state index in [9.17, 15) is 9.59 Å². The predicted molar refractivity (Wildman–Crippen MR) is 144 cm³/mol. The Morgan fingerprint density at radius 3 is 1.47 bits per heavy atom. The van der Waals surface area contributed by atoms with Crippen LogP contribution in [0.4, 0.5) is 0 Å². The van der Waals surface area contributed by atoms with Crippen molar-refractivity contribution in [2.24, 2.45) is 0 Å². The van der Waals surface area contributed by atoms with E-state index in [1.54, 1.807) is 47.9 Å². The molecule has 2 aromatic carbocycles.